The molecule has 3 heteroatoms. The lowest BCUT2D eigenvalue weighted by atomic mass is 10.1. The summed E-state index contributed by atoms with van der Waals surface area (Å²) >= 11 is 0. The van der Waals surface area contributed by atoms with E-state index in [4.69, 9.17) is 14.2 Å². The summed E-state index contributed by atoms with van der Waals surface area (Å²) in [6.45, 7) is 18.9. The minimum Gasteiger partial charge on any atom is -0.381 e. The zero-order valence-electron chi connectivity index (χ0n) is 19.9. The van der Waals surface area contributed by atoms with Gasteiger partial charge in [0.1, 0.15) is 0 Å². The Labute approximate surface area is 170 Å². The van der Waals surface area contributed by atoms with Crippen LogP contribution in [0.5, 0.6) is 0 Å². The van der Waals surface area contributed by atoms with E-state index < -0.39 is 0 Å². The quantitative estimate of drug-likeness (QED) is 0.260. The Morgan fingerprint density at radius 1 is 0.556 bits per heavy atom. The van der Waals surface area contributed by atoms with Gasteiger partial charge < -0.3 is 14.2 Å². The van der Waals surface area contributed by atoms with Gasteiger partial charge in [0, 0.05) is 13.2 Å². The maximum absolute atomic E-state index is 6.24. The smallest absolute Gasteiger partial charge is 0.0604 e. The van der Waals surface area contributed by atoms with Gasteiger partial charge in [-0.15, -0.1) is 0 Å². The monoisotopic (exact) mass is 386 g/mol. The summed E-state index contributed by atoms with van der Waals surface area (Å²) < 4.78 is 18.5. The molecule has 0 aliphatic rings. The highest BCUT2D eigenvalue weighted by atomic mass is 16.5. The molecule has 0 saturated carbocycles. The molecule has 0 aromatic carbocycles. The van der Waals surface area contributed by atoms with Crippen molar-refractivity contribution >= 4 is 0 Å². The Balaban J connectivity index is 4.20. The topological polar surface area (TPSA) is 27.7 Å². The van der Waals surface area contributed by atoms with Crippen LogP contribution in [0, 0.1) is 0 Å². The Hall–Kier alpha value is -0.120. The van der Waals surface area contributed by atoms with Crippen LogP contribution in [0.15, 0.2) is 0 Å². The van der Waals surface area contributed by atoms with Crippen LogP contribution in [0.25, 0.3) is 0 Å². The third kappa shape index (κ3) is 19.0. The molecular formula is C24H50O3. The average Bonchev–Trinajstić information content (AvgIpc) is 2.51. The summed E-state index contributed by atoms with van der Waals surface area (Å²) in [6.07, 6.45) is 12.4. The van der Waals surface area contributed by atoms with Crippen molar-refractivity contribution in [1.29, 1.82) is 0 Å². The number of unbranched alkanes of at least 4 members (excludes halogenated alkanes) is 4. The zero-order valence-corrected chi connectivity index (χ0v) is 19.9. The molecule has 164 valence electrons. The molecule has 0 heterocycles. The summed E-state index contributed by atoms with van der Waals surface area (Å²) in [5, 5.41) is 0. The molecule has 0 N–H and O–H groups in total. The average molecular weight is 387 g/mol. The molecule has 27 heavy (non-hydrogen) atoms. The normalized spacial score (nSPS) is 15.1. The highest BCUT2D eigenvalue weighted by Crippen LogP contribution is 2.20. The van der Waals surface area contributed by atoms with Crippen LogP contribution < -0.4 is 0 Å². The summed E-state index contributed by atoms with van der Waals surface area (Å²) in [6, 6.07) is 0. The van der Waals surface area contributed by atoms with Gasteiger partial charge in [0.2, 0.25) is 0 Å². The van der Waals surface area contributed by atoms with Crippen molar-refractivity contribution in [2.45, 2.75) is 143 Å². The number of ether oxygens (including phenoxy) is 3. The fraction of sp³-hybridized carbons (Fsp3) is 1.00. The molecule has 0 amide bonds. The first-order valence-corrected chi connectivity index (χ1v) is 11.5. The fourth-order valence-corrected chi connectivity index (χ4v) is 3.30. The van der Waals surface area contributed by atoms with E-state index in [0.29, 0.717) is 12.2 Å². The van der Waals surface area contributed by atoms with Crippen LogP contribution in [-0.2, 0) is 14.2 Å². The van der Waals surface area contributed by atoms with Gasteiger partial charge in [0.25, 0.3) is 0 Å². The van der Waals surface area contributed by atoms with Gasteiger partial charge in [0.15, 0.2) is 0 Å². The van der Waals surface area contributed by atoms with Gasteiger partial charge in [-0.1, -0.05) is 52.4 Å². The van der Waals surface area contributed by atoms with Crippen molar-refractivity contribution in [1.82, 2.24) is 0 Å². The molecule has 0 saturated heterocycles. The van der Waals surface area contributed by atoms with Crippen LogP contribution >= 0.6 is 0 Å². The van der Waals surface area contributed by atoms with Crippen LogP contribution in [0.3, 0.4) is 0 Å². The molecule has 0 aliphatic carbocycles. The maximum atomic E-state index is 6.24. The minimum absolute atomic E-state index is 0.0815. The van der Waals surface area contributed by atoms with E-state index in [0.717, 1.165) is 38.9 Å². The van der Waals surface area contributed by atoms with Crippen LogP contribution in [-0.4, -0.2) is 36.6 Å². The van der Waals surface area contributed by atoms with Gasteiger partial charge in [-0.3, -0.25) is 0 Å². The molecule has 0 aliphatic heterocycles. The molecule has 0 spiro atoms. The third-order valence-corrected chi connectivity index (χ3v) is 4.47. The molecular weight excluding hydrogens is 336 g/mol. The molecule has 0 aromatic rings. The first kappa shape index (κ1) is 26.9. The van der Waals surface area contributed by atoms with Gasteiger partial charge in [-0.2, -0.15) is 0 Å². The first-order valence-electron chi connectivity index (χ1n) is 11.5. The lowest BCUT2D eigenvalue weighted by Gasteiger charge is -2.29. The highest BCUT2D eigenvalue weighted by Gasteiger charge is 2.20. The van der Waals surface area contributed by atoms with E-state index in [1.807, 2.05) is 0 Å². The Kier molecular flexibility index (Phi) is 14.8. The summed E-state index contributed by atoms with van der Waals surface area (Å²) in [5.74, 6) is 0. The van der Waals surface area contributed by atoms with E-state index in [-0.39, 0.29) is 11.2 Å². The third-order valence-electron chi connectivity index (χ3n) is 4.47. The van der Waals surface area contributed by atoms with Crippen molar-refractivity contribution < 1.29 is 14.2 Å². The molecule has 0 fully saturated rings. The zero-order chi connectivity index (χ0) is 20.8. The van der Waals surface area contributed by atoms with Gasteiger partial charge in [0.05, 0.1) is 23.4 Å². The number of hydrogen-bond donors (Lipinski definition) is 0. The second kappa shape index (κ2) is 14.8. The summed E-state index contributed by atoms with van der Waals surface area (Å²) in [4.78, 5) is 0. The molecule has 2 atom stereocenters. The van der Waals surface area contributed by atoms with Gasteiger partial charge in [-0.05, 0) is 67.2 Å². The Morgan fingerprint density at radius 2 is 0.926 bits per heavy atom. The van der Waals surface area contributed by atoms with E-state index in [1.54, 1.807) is 0 Å². The lowest BCUT2D eigenvalue weighted by molar-refractivity contribution is -0.0845. The molecule has 2 unspecified atom stereocenters. The second-order valence-electron chi connectivity index (χ2n) is 9.89. The SMILES string of the molecule is CCCCCC(CCOCCC(CCCCC)OC(C)(C)C)OC(C)(C)C. The van der Waals surface area contributed by atoms with Crippen molar-refractivity contribution in [2.24, 2.45) is 0 Å². The highest BCUT2D eigenvalue weighted by molar-refractivity contribution is 4.68. The first-order chi connectivity index (χ1) is 12.6. The van der Waals surface area contributed by atoms with E-state index in [9.17, 15) is 0 Å². The second-order valence-corrected chi connectivity index (χ2v) is 9.89. The maximum Gasteiger partial charge on any atom is 0.0604 e. The number of rotatable bonds is 16. The van der Waals surface area contributed by atoms with Crippen molar-refractivity contribution in [3.8, 4) is 0 Å². The Bertz CT molecular complexity index is 295. The minimum atomic E-state index is -0.0815. The molecule has 0 rings (SSSR count). The van der Waals surface area contributed by atoms with Crippen LogP contribution in [0.2, 0.25) is 0 Å². The van der Waals surface area contributed by atoms with E-state index >= 15 is 0 Å². The Morgan fingerprint density at radius 3 is 1.22 bits per heavy atom. The molecule has 0 aromatic heterocycles. The van der Waals surface area contributed by atoms with E-state index in [2.05, 4.69) is 55.4 Å². The number of hydrogen-bond acceptors (Lipinski definition) is 3. The summed E-state index contributed by atoms with van der Waals surface area (Å²) in [7, 11) is 0. The molecule has 0 radical (unpaired) electrons. The van der Waals surface area contributed by atoms with Crippen molar-refractivity contribution in [3.05, 3.63) is 0 Å². The standard InChI is InChI=1S/C24H50O3/c1-9-11-13-15-21(26-23(3,4)5)17-19-25-20-18-22(16-14-12-10-2)27-24(6,7)8/h21-22H,9-20H2,1-8H3. The molecule has 0 bridgehead atoms. The van der Waals surface area contributed by atoms with E-state index in [1.165, 1.54) is 38.5 Å². The largest absolute Gasteiger partial charge is 0.381 e. The fourth-order valence-electron chi connectivity index (χ4n) is 3.30. The lowest BCUT2D eigenvalue weighted by Crippen LogP contribution is -2.29. The van der Waals surface area contributed by atoms with Crippen LogP contribution in [0.4, 0.5) is 0 Å². The van der Waals surface area contributed by atoms with Crippen LogP contribution in [0.1, 0.15) is 120 Å². The van der Waals surface area contributed by atoms with Gasteiger partial charge >= 0.3 is 0 Å². The molecule has 3 nitrogen and oxygen atoms in total. The van der Waals surface area contributed by atoms with Crippen molar-refractivity contribution in [3.63, 3.8) is 0 Å². The predicted molar refractivity (Wildman–Crippen MR) is 118 cm³/mol. The van der Waals surface area contributed by atoms with Crippen molar-refractivity contribution in [2.75, 3.05) is 13.2 Å². The van der Waals surface area contributed by atoms with Gasteiger partial charge in [-0.25, -0.2) is 0 Å². The summed E-state index contributed by atoms with van der Waals surface area (Å²) in [5.41, 5.74) is -0.163. The predicted octanol–water partition coefficient (Wildman–Crippen LogP) is 7.31.